The average molecular weight is 255 g/mol. The number of benzene rings is 1. The molecule has 0 bridgehead atoms. The van der Waals surface area contributed by atoms with Crippen LogP contribution in [0.3, 0.4) is 0 Å². The minimum absolute atomic E-state index is 0.0855. The number of carbonyl (C=O) groups is 2. The highest BCUT2D eigenvalue weighted by molar-refractivity contribution is 7.99. The maximum absolute atomic E-state index is 10.9. The summed E-state index contributed by atoms with van der Waals surface area (Å²) in [5, 5.41) is 8.79. The molecule has 0 heterocycles. The Kier molecular flexibility index (Phi) is 4.84. The van der Waals surface area contributed by atoms with Gasteiger partial charge in [0.2, 0.25) is 0 Å². The lowest BCUT2D eigenvalue weighted by Gasteiger charge is -2.04. The van der Waals surface area contributed by atoms with Crippen LogP contribution in [0.5, 0.6) is 0 Å². The Labute approximate surface area is 103 Å². The van der Waals surface area contributed by atoms with E-state index in [-0.39, 0.29) is 17.2 Å². The van der Waals surface area contributed by atoms with Crippen molar-refractivity contribution in [3.63, 3.8) is 0 Å². The number of carboxylic acids is 1. The Morgan fingerprint density at radius 2 is 2.18 bits per heavy atom. The van der Waals surface area contributed by atoms with E-state index in [0.717, 1.165) is 4.90 Å². The molecule has 0 aliphatic rings. The van der Waals surface area contributed by atoms with Crippen LogP contribution in [0.15, 0.2) is 23.1 Å². The van der Waals surface area contributed by atoms with Crippen LogP contribution in [0, 0.1) is 0 Å². The molecule has 0 amide bonds. The number of rotatable bonds is 5. The van der Waals surface area contributed by atoms with Gasteiger partial charge in [-0.05, 0) is 18.2 Å². The van der Waals surface area contributed by atoms with Gasteiger partial charge in [-0.15, -0.1) is 11.8 Å². The normalized spacial score (nSPS) is 9.94. The van der Waals surface area contributed by atoms with Gasteiger partial charge in [0, 0.05) is 16.3 Å². The Balaban J connectivity index is 2.59. The van der Waals surface area contributed by atoms with Crippen LogP contribution in [-0.4, -0.2) is 29.9 Å². The Morgan fingerprint density at radius 1 is 1.47 bits per heavy atom. The molecule has 3 N–H and O–H groups in total. The van der Waals surface area contributed by atoms with Crippen LogP contribution < -0.4 is 5.73 Å². The molecule has 0 aromatic heterocycles. The predicted molar refractivity (Wildman–Crippen MR) is 65.2 cm³/mol. The van der Waals surface area contributed by atoms with Crippen molar-refractivity contribution in [2.24, 2.45) is 0 Å². The third-order valence-electron chi connectivity index (χ3n) is 2.06. The number of hydrogen-bond donors (Lipinski definition) is 2. The van der Waals surface area contributed by atoms with E-state index < -0.39 is 5.97 Å². The second-order valence-corrected chi connectivity index (χ2v) is 4.40. The number of ether oxygens (including phenoxy) is 1. The summed E-state index contributed by atoms with van der Waals surface area (Å²) in [6.07, 6.45) is 0.307. The summed E-state index contributed by atoms with van der Waals surface area (Å²) in [6, 6.07) is 4.71. The van der Waals surface area contributed by atoms with Crippen molar-refractivity contribution in [2.75, 3.05) is 18.6 Å². The molecule has 0 unspecified atom stereocenters. The van der Waals surface area contributed by atoms with Crippen molar-refractivity contribution in [3.05, 3.63) is 23.8 Å². The third kappa shape index (κ3) is 3.99. The first-order valence-corrected chi connectivity index (χ1v) is 5.85. The molecular formula is C11H13NO4S. The Morgan fingerprint density at radius 3 is 2.71 bits per heavy atom. The maximum Gasteiger partial charge on any atom is 0.337 e. The fourth-order valence-electron chi connectivity index (χ4n) is 1.18. The van der Waals surface area contributed by atoms with Crippen LogP contribution in [-0.2, 0) is 9.53 Å². The lowest BCUT2D eigenvalue weighted by molar-refractivity contribution is -0.140. The van der Waals surface area contributed by atoms with Crippen LogP contribution in [0.4, 0.5) is 5.69 Å². The number of nitrogens with two attached hydrogens (primary N) is 1. The van der Waals surface area contributed by atoms with Gasteiger partial charge >= 0.3 is 11.9 Å². The van der Waals surface area contributed by atoms with E-state index in [1.54, 1.807) is 12.1 Å². The summed E-state index contributed by atoms with van der Waals surface area (Å²) in [7, 11) is 1.34. The van der Waals surface area contributed by atoms with Crippen molar-refractivity contribution in [1.82, 2.24) is 0 Å². The average Bonchev–Trinajstić information content (AvgIpc) is 2.28. The number of carbonyl (C=O) groups excluding carboxylic acids is 1. The molecular weight excluding hydrogens is 242 g/mol. The molecule has 1 aromatic carbocycles. The van der Waals surface area contributed by atoms with Gasteiger partial charge in [-0.1, -0.05) is 0 Å². The van der Waals surface area contributed by atoms with Crippen molar-refractivity contribution in [1.29, 1.82) is 0 Å². The molecule has 1 rings (SSSR count). The van der Waals surface area contributed by atoms with Gasteiger partial charge in [0.15, 0.2) is 0 Å². The van der Waals surface area contributed by atoms with Crippen molar-refractivity contribution in [3.8, 4) is 0 Å². The molecule has 5 nitrogen and oxygen atoms in total. The highest BCUT2D eigenvalue weighted by Crippen LogP contribution is 2.23. The highest BCUT2D eigenvalue weighted by atomic mass is 32.2. The number of aromatic carboxylic acids is 1. The molecule has 0 spiro atoms. The standard InChI is InChI=1S/C11H13NO4S/c1-16-10(13)4-5-17-7-2-3-8(11(14)15)9(12)6-7/h2-3,6H,4-5,12H2,1H3,(H,14,15). The van der Waals surface area contributed by atoms with E-state index in [1.807, 2.05) is 0 Å². The minimum Gasteiger partial charge on any atom is -0.478 e. The van der Waals surface area contributed by atoms with E-state index in [2.05, 4.69) is 4.74 Å². The molecule has 0 fully saturated rings. The molecule has 17 heavy (non-hydrogen) atoms. The smallest absolute Gasteiger partial charge is 0.337 e. The summed E-state index contributed by atoms with van der Waals surface area (Å²) in [4.78, 5) is 22.4. The van der Waals surface area contributed by atoms with E-state index in [0.29, 0.717) is 12.2 Å². The summed E-state index contributed by atoms with van der Waals surface area (Å²) >= 11 is 1.42. The SMILES string of the molecule is COC(=O)CCSc1ccc(C(=O)O)c(N)c1. The summed E-state index contributed by atoms with van der Waals surface area (Å²) in [5.41, 5.74) is 5.90. The number of carboxylic acid groups (broad SMARTS) is 1. The number of anilines is 1. The van der Waals surface area contributed by atoms with E-state index in [1.165, 1.54) is 24.9 Å². The molecule has 6 heteroatoms. The number of methoxy groups -OCH3 is 1. The third-order valence-corrected chi connectivity index (χ3v) is 3.05. The second-order valence-electron chi connectivity index (χ2n) is 3.23. The molecule has 0 saturated heterocycles. The fraction of sp³-hybridized carbons (Fsp3) is 0.273. The topological polar surface area (TPSA) is 89.6 Å². The number of esters is 1. The zero-order valence-corrected chi connectivity index (χ0v) is 10.1. The van der Waals surface area contributed by atoms with E-state index in [9.17, 15) is 9.59 Å². The fourth-order valence-corrected chi connectivity index (χ4v) is 2.06. The van der Waals surface area contributed by atoms with Crippen LogP contribution in [0.25, 0.3) is 0 Å². The predicted octanol–water partition coefficient (Wildman–Crippen LogP) is 1.62. The van der Waals surface area contributed by atoms with Crippen molar-refractivity contribution >= 4 is 29.4 Å². The monoisotopic (exact) mass is 255 g/mol. The largest absolute Gasteiger partial charge is 0.478 e. The van der Waals surface area contributed by atoms with Gasteiger partial charge in [-0.3, -0.25) is 4.79 Å². The minimum atomic E-state index is -1.05. The molecule has 0 radical (unpaired) electrons. The van der Waals surface area contributed by atoms with Gasteiger partial charge < -0.3 is 15.6 Å². The molecule has 0 aliphatic carbocycles. The summed E-state index contributed by atoms with van der Waals surface area (Å²) < 4.78 is 4.51. The number of nitrogen functional groups attached to an aromatic ring is 1. The lowest BCUT2D eigenvalue weighted by atomic mass is 10.2. The van der Waals surface area contributed by atoms with Crippen LogP contribution in [0.1, 0.15) is 16.8 Å². The quantitative estimate of drug-likeness (QED) is 0.472. The Bertz CT molecular complexity index is 433. The highest BCUT2D eigenvalue weighted by Gasteiger charge is 2.08. The number of hydrogen-bond acceptors (Lipinski definition) is 5. The lowest BCUT2D eigenvalue weighted by Crippen LogP contribution is -2.03. The van der Waals surface area contributed by atoms with Crippen LogP contribution in [0.2, 0.25) is 0 Å². The Hall–Kier alpha value is -1.69. The van der Waals surface area contributed by atoms with Gasteiger partial charge in [-0.2, -0.15) is 0 Å². The summed E-state index contributed by atoms with van der Waals surface area (Å²) in [6.45, 7) is 0. The first kappa shape index (κ1) is 13.4. The van der Waals surface area contributed by atoms with Gasteiger partial charge in [0.05, 0.1) is 19.1 Å². The molecule has 0 aliphatic heterocycles. The molecule has 92 valence electrons. The van der Waals surface area contributed by atoms with Crippen molar-refractivity contribution < 1.29 is 19.4 Å². The first-order chi connectivity index (χ1) is 8.04. The zero-order valence-electron chi connectivity index (χ0n) is 9.30. The van der Waals surface area contributed by atoms with Crippen LogP contribution >= 0.6 is 11.8 Å². The molecule has 0 saturated carbocycles. The van der Waals surface area contributed by atoms with Crippen molar-refractivity contribution in [2.45, 2.75) is 11.3 Å². The van der Waals surface area contributed by atoms with Gasteiger partial charge in [0.1, 0.15) is 0 Å². The first-order valence-electron chi connectivity index (χ1n) is 4.87. The molecule has 1 aromatic rings. The number of thioether (sulfide) groups is 1. The van der Waals surface area contributed by atoms with E-state index in [4.69, 9.17) is 10.8 Å². The molecule has 0 atom stereocenters. The van der Waals surface area contributed by atoms with Gasteiger partial charge in [0.25, 0.3) is 0 Å². The van der Waals surface area contributed by atoms with E-state index >= 15 is 0 Å². The second kappa shape index (κ2) is 6.15. The zero-order chi connectivity index (χ0) is 12.8. The maximum atomic E-state index is 10.9. The van der Waals surface area contributed by atoms with Gasteiger partial charge in [-0.25, -0.2) is 4.79 Å². The summed E-state index contributed by atoms with van der Waals surface area (Å²) in [5.74, 6) is -0.750.